The van der Waals surface area contributed by atoms with Crippen molar-refractivity contribution in [3.8, 4) is 0 Å². The van der Waals surface area contributed by atoms with E-state index in [1.165, 1.54) is 42.1 Å². The third-order valence-corrected chi connectivity index (χ3v) is 9.00. The molecular formula is C24H30N4O5S. The van der Waals surface area contributed by atoms with Gasteiger partial charge in [0.25, 0.3) is 5.91 Å². The highest BCUT2D eigenvalue weighted by Gasteiger charge is 2.52. The first-order chi connectivity index (χ1) is 16.2. The number of rotatable bonds is 7. The van der Waals surface area contributed by atoms with Gasteiger partial charge in [-0.05, 0) is 87.5 Å². The van der Waals surface area contributed by atoms with Crippen molar-refractivity contribution < 1.29 is 22.7 Å². The van der Waals surface area contributed by atoms with Gasteiger partial charge in [0.15, 0.2) is 5.69 Å². The fourth-order valence-corrected chi connectivity index (χ4v) is 7.90. The number of sulfonamides is 1. The molecule has 0 radical (unpaired) electrons. The van der Waals surface area contributed by atoms with Crippen LogP contribution in [0, 0.1) is 17.8 Å². The van der Waals surface area contributed by atoms with E-state index in [2.05, 4.69) is 15.1 Å². The van der Waals surface area contributed by atoms with E-state index in [4.69, 9.17) is 4.74 Å². The second kappa shape index (κ2) is 8.49. The minimum absolute atomic E-state index is 0.0609. The average molecular weight is 487 g/mol. The number of nitrogens with one attached hydrogen (secondary N) is 2. The number of amides is 1. The van der Waals surface area contributed by atoms with Gasteiger partial charge in [-0.3, -0.25) is 9.48 Å². The molecule has 2 N–H and O–H groups in total. The zero-order chi connectivity index (χ0) is 24.1. The molecular weight excluding hydrogens is 456 g/mol. The molecule has 4 aliphatic carbocycles. The molecule has 4 aliphatic rings. The van der Waals surface area contributed by atoms with Crippen LogP contribution < -0.4 is 10.0 Å². The van der Waals surface area contributed by atoms with E-state index in [0.29, 0.717) is 23.4 Å². The molecule has 0 unspecified atom stereocenters. The van der Waals surface area contributed by atoms with Crippen molar-refractivity contribution in [3.63, 3.8) is 0 Å². The molecule has 9 nitrogen and oxygen atoms in total. The van der Waals surface area contributed by atoms with E-state index >= 15 is 0 Å². The van der Waals surface area contributed by atoms with Crippen LogP contribution in [0.25, 0.3) is 0 Å². The van der Waals surface area contributed by atoms with Gasteiger partial charge in [0, 0.05) is 24.3 Å². The number of aromatic nitrogens is 2. The quantitative estimate of drug-likeness (QED) is 0.581. The van der Waals surface area contributed by atoms with Crippen molar-refractivity contribution in [2.45, 2.75) is 55.9 Å². The molecule has 0 atom stereocenters. The van der Waals surface area contributed by atoms with Crippen molar-refractivity contribution >= 4 is 27.6 Å². The molecule has 0 saturated heterocycles. The molecule has 4 bridgehead atoms. The van der Waals surface area contributed by atoms with Crippen LogP contribution in [0.2, 0.25) is 0 Å². The maximum atomic E-state index is 13.2. The summed E-state index contributed by atoms with van der Waals surface area (Å²) in [5, 5.41) is 6.76. The molecule has 6 rings (SSSR count). The smallest absolute Gasteiger partial charge is 0.356 e. The normalized spacial score (nSPS) is 27.5. The summed E-state index contributed by atoms with van der Waals surface area (Å²) >= 11 is 0. The minimum atomic E-state index is -3.67. The second-order valence-corrected chi connectivity index (χ2v) is 11.7. The number of benzene rings is 1. The lowest BCUT2D eigenvalue weighted by molar-refractivity contribution is -0.00810. The Morgan fingerprint density at radius 1 is 1.09 bits per heavy atom. The predicted molar refractivity (Wildman–Crippen MR) is 125 cm³/mol. The lowest BCUT2D eigenvalue weighted by Crippen LogP contribution is -2.59. The van der Waals surface area contributed by atoms with Gasteiger partial charge >= 0.3 is 5.97 Å². The van der Waals surface area contributed by atoms with E-state index < -0.39 is 21.9 Å². The fraction of sp³-hybridized carbons (Fsp3) is 0.542. The average Bonchev–Trinajstić information content (AvgIpc) is 3.14. The van der Waals surface area contributed by atoms with E-state index in [0.717, 1.165) is 19.3 Å². The van der Waals surface area contributed by atoms with Crippen molar-refractivity contribution in [2.75, 3.05) is 11.9 Å². The number of hydrogen-bond acceptors (Lipinski definition) is 6. The summed E-state index contributed by atoms with van der Waals surface area (Å²) in [6, 6.07) is 7.48. The molecule has 1 amide bonds. The number of carbonyl (C=O) groups excluding carboxylic acids is 2. The number of esters is 1. The molecule has 4 fully saturated rings. The number of nitrogens with zero attached hydrogens (tertiary/aromatic N) is 2. The Morgan fingerprint density at radius 2 is 1.68 bits per heavy atom. The van der Waals surface area contributed by atoms with Crippen LogP contribution >= 0.6 is 0 Å². The number of carbonyl (C=O) groups is 2. The summed E-state index contributed by atoms with van der Waals surface area (Å²) in [6.07, 6.45) is 6.53. The molecule has 1 heterocycles. The maximum Gasteiger partial charge on any atom is 0.356 e. The summed E-state index contributed by atoms with van der Waals surface area (Å²) in [4.78, 5) is 24.7. The van der Waals surface area contributed by atoms with E-state index in [1.54, 1.807) is 26.1 Å². The predicted octanol–water partition coefficient (Wildman–Crippen LogP) is 3.10. The third-order valence-electron chi connectivity index (χ3n) is 7.41. The summed E-state index contributed by atoms with van der Waals surface area (Å²) in [5.41, 5.74) is 0.354. The van der Waals surface area contributed by atoms with E-state index in [9.17, 15) is 18.0 Å². The standard InChI is InChI=1S/C24H30N4O5S/c1-3-33-23(30)21-11-20(26-28(21)2)22(29)25-18-4-6-19(7-5-18)34(31,32)27-24-12-15-8-16(13-24)10-17(9-15)14-24/h4-7,11,15-17,27H,3,8-10,12-14H2,1-2H3,(H,25,29). The zero-order valence-corrected chi connectivity index (χ0v) is 20.2. The fourth-order valence-electron chi connectivity index (χ4n) is 6.47. The molecule has 10 heteroatoms. The summed E-state index contributed by atoms with van der Waals surface area (Å²) in [6.45, 7) is 1.92. The van der Waals surface area contributed by atoms with Crippen molar-refractivity contribution in [1.29, 1.82) is 0 Å². The largest absolute Gasteiger partial charge is 0.461 e. The van der Waals surface area contributed by atoms with Crippen LogP contribution in [-0.4, -0.2) is 42.2 Å². The van der Waals surface area contributed by atoms with Crippen LogP contribution in [0.15, 0.2) is 35.2 Å². The Labute approximate surface area is 199 Å². The van der Waals surface area contributed by atoms with Gasteiger partial charge in [0.2, 0.25) is 10.0 Å². The topological polar surface area (TPSA) is 119 Å². The van der Waals surface area contributed by atoms with Crippen molar-refractivity contribution in [3.05, 3.63) is 41.7 Å². The van der Waals surface area contributed by atoms with Gasteiger partial charge in [-0.1, -0.05) is 0 Å². The highest BCUT2D eigenvalue weighted by Crippen LogP contribution is 2.55. The van der Waals surface area contributed by atoms with Gasteiger partial charge in [0.1, 0.15) is 5.69 Å². The Bertz CT molecular complexity index is 1180. The molecule has 182 valence electrons. The number of hydrogen-bond donors (Lipinski definition) is 2. The summed E-state index contributed by atoms with van der Waals surface area (Å²) in [7, 11) is -2.11. The first kappa shape index (κ1) is 23.0. The highest BCUT2D eigenvalue weighted by atomic mass is 32.2. The van der Waals surface area contributed by atoms with E-state index in [-0.39, 0.29) is 28.4 Å². The Balaban J connectivity index is 1.26. The Kier molecular flexibility index (Phi) is 5.76. The summed E-state index contributed by atoms with van der Waals surface area (Å²) < 4.78 is 35.7. The number of aryl methyl sites for hydroxylation is 1. The molecule has 2 aromatic rings. The monoisotopic (exact) mass is 486 g/mol. The van der Waals surface area contributed by atoms with Gasteiger partial charge in [0.05, 0.1) is 11.5 Å². The zero-order valence-electron chi connectivity index (χ0n) is 19.4. The number of anilines is 1. The van der Waals surface area contributed by atoms with Crippen LogP contribution in [0.1, 0.15) is 66.4 Å². The van der Waals surface area contributed by atoms with Gasteiger partial charge in [-0.25, -0.2) is 17.9 Å². The molecule has 34 heavy (non-hydrogen) atoms. The van der Waals surface area contributed by atoms with Crippen molar-refractivity contribution in [2.24, 2.45) is 24.8 Å². The van der Waals surface area contributed by atoms with Gasteiger partial charge < -0.3 is 10.1 Å². The second-order valence-electron chi connectivity index (χ2n) is 10.0. The molecule has 1 aromatic carbocycles. The van der Waals surface area contributed by atoms with Crippen LogP contribution in [0.3, 0.4) is 0 Å². The minimum Gasteiger partial charge on any atom is -0.461 e. The molecule has 4 saturated carbocycles. The Hall–Kier alpha value is -2.72. The maximum absolute atomic E-state index is 13.2. The van der Waals surface area contributed by atoms with Crippen LogP contribution in [-0.2, 0) is 21.8 Å². The first-order valence-corrected chi connectivity index (χ1v) is 13.3. The lowest BCUT2D eigenvalue weighted by atomic mass is 9.53. The first-order valence-electron chi connectivity index (χ1n) is 11.8. The van der Waals surface area contributed by atoms with Gasteiger partial charge in [-0.15, -0.1) is 0 Å². The molecule has 1 aromatic heterocycles. The lowest BCUT2D eigenvalue weighted by Gasteiger charge is -2.56. The highest BCUT2D eigenvalue weighted by molar-refractivity contribution is 7.89. The van der Waals surface area contributed by atoms with Crippen molar-refractivity contribution in [1.82, 2.24) is 14.5 Å². The third kappa shape index (κ3) is 4.36. The molecule has 0 aliphatic heterocycles. The number of ether oxygens (including phenoxy) is 1. The SMILES string of the molecule is CCOC(=O)c1cc(C(=O)Nc2ccc(S(=O)(=O)NC34CC5CC(CC(C5)C3)C4)cc2)nn1C. The van der Waals surface area contributed by atoms with Gasteiger partial charge in [-0.2, -0.15) is 5.10 Å². The Morgan fingerprint density at radius 3 is 2.24 bits per heavy atom. The van der Waals surface area contributed by atoms with E-state index in [1.807, 2.05) is 0 Å². The van der Waals surface area contributed by atoms with Crippen LogP contribution in [0.4, 0.5) is 5.69 Å². The molecule has 0 spiro atoms. The summed E-state index contributed by atoms with van der Waals surface area (Å²) in [5.74, 6) is 0.860. The van der Waals surface area contributed by atoms with Crippen LogP contribution in [0.5, 0.6) is 0 Å².